The molecule has 0 aliphatic rings. The van der Waals surface area contributed by atoms with E-state index in [2.05, 4.69) is 5.22 Å². The highest BCUT2D eigenvalue weighted by Crippen LogP contribution is 2.28. The largest absolute Gasteiger partial charge is 0.496 e. The SMILES string of the molecule is COc1ccc(N(C(=O)N(N=N)C(=O)Nc2c(F)cccc2F)C(C)C)cc1C(=O)O. The number of nitrogens with one attached hydrogen (secondary N) is 2. The van der Waals surface area contributed by atoms with Gasteiger partial charge < -0.3 is 15.2 Å². The Bertz CT molecular complexity index is 1010. The molecule has 0 saturated heterocycles. The van der Waals surface area contributed by atoms with Gasteiger partial charge in [-0.1, -0.05) is 11.3 Å². The number of para-hydroxylation sites is 1. The number of nitrogens with zero attached hydrogens (tertiary/aromatic N) is 3. The van der Waals surface area contributed by atoms with E-state index >= 15 is 0 Å². The van der Waals surface area contributed by atoms with E-state index in [9.17, 15) is 28.3 Å². The topological polar surface area (TPSA) is 135 Å². The number of anilines is 2. The number of urea groups is 2. The molecular formula is C19H19F2N5O5. The summed E-state index contributed by atoms with van der Waals surface area (Å²) in [7, 11) is 1.28. The van der Waals surface area contributed by atoms with Gasteiger partial charge in [0.1, 0.15) is 28.6 Å². The molecule has 0 fully saturated rings. The third kappa shape index (κ3) is 4.91. The number of hydrogen-bond acceptors (Lipinski definition) is 6. The van der Waals surface area contributed by atoms with Crippen LogP contribution in [0.5, 0.6) is 5.75 Å². The molecule has 0 saturated carbocycles. The normalized spacial score (nSPS) is 10.4. The number of hydrogen-bond donors (Lipinski definition) is 3. The first-order valence-electron chi connectivity index (χ1n) is 8.79. The standard InChI is InChI=1S/C19H19F2N5O5/c1-10(2)25(11-7-8-15(31-3)12(9-11)17(27)28)19(30)26(24-22)18(29)23-16-13(20)5-4-6-14(16)21/h4-10,22H,1-3H3,(H,23,29)(H,27,28). The summed E-state index contributed by atoms with van der Waals surface area (Å²) < 4.78 is 32.6. The number of halogens is 2. The van der Waals surface area contributed by atoms with E-state index in [1.54, 1.807) is 13.8 Å². The van der Waals surface area contributed by atoms with E-state index in [1.807, 2.05) is 5.32 Å². The van der Waals surface area contributed by atoms with Crippen LogP contribution in [0.25, 0.3) is 0 Å². The van der Waals surface area contributed by atoms with Crippen molar-refractivity contribution in [2.24, 2.45) is 5.22 Å². The lowest BCUT2D eigenvalue weighted by Gasteiger charge is -2.29. The van der Waals surface area contributed by atoms with Gasteiger partial charge >= 0.3 is 18.0 Å². The number of carbonyl (C=O) groups is 3. The van der Waals surface area contributed by atoms with Crippen molar-refractivity contribution in [3.8, 4) is 5.75 Å². The fourth-order valence-electron chi connectivity index (χ4n) is 2.70. The van der Waals surface area contributed by atoms with E-state index in [1.165, 1.54) is 19.2 Å². The molecule has 2 rings (SSSR count). The molecule has 0 heterocycles. The van der Waals surface area contributed by atoms with Crippen LogP contribution < -0.4 is 15.0 Å². The molecule has 12 heteroatoms. The van der Waals surface area contributed by atoms with Crippen molar-refractivity contribution in [1.29, 1.82) is 5.53 Å². The number of aromatic carboxylic acids is 1. The molecular weight excluding hydrogens is 416 g/mol. The molecule has 0 spiro atoms. The number of benzene rings is 2. The number of carboxylic acid groups (broad SMARTS) is 1. The minimum atomic E-state index is -1.39. The monoisotopic (exact) mass is 435 g/mol. The second kappa shape index (κ2) is 9.61. The predicted octanol–water partition coefficient (Wildman–Crippen LogP) is 4.49. The van der Waals surface area contributed by atoms with Crippen LogP contribution in [0, 0.1) is 17.2 Å². The fourth-order valence-corrected chi connectivity index (χ4v) is 2.70. The van der Waals surface area contributed by atoms with Crippen molar-refractivity contribution in [2.45, 2.75) is 19.9 Å². The minimum Gasteiger partial charge on any atom is -0.496 e. The second-order valence-corrected chi connectivity index (χ2v) is 6.37. The van der Waals surface area contributed by atoms with E-state index in [0.29, 0.717) is 0 Å². The van der Waals surface area contributed by atoms with Crippen molar-refractivity contribution >= 4 is 29.4 Å². The third-order valence-electron chi connectivity index (χ3n) is 4.08. The Balaban J connectivity index is 2.41. The Morgan fingerprint density at radius 3 is 2.26 bits per heavy atom. The van der Waals surface area contributed by atoms with Crippen LogP contribution in [-0.2, 0) is 0 Å². The first-order chi connectivity index (χ1) is 14.6. The summed E-state index contributed by atoms with van der Waals surface area (Å²) in [5.74, 6) is -3.45. The van der Waals surface area contributed by atoms with Gasteiger partial charge in [0.05, 0.1) is 7.11 Å². The Kier molecular flexibility index (Phi) is 7.19. The molecule has 31 heavy (non-hydrogen) atoms. The number of imide groups is 1. The van der Waals surface area contributed by atoms with Crippen LogP contribution in [0.4, 0.5) is 29.7 Å². The zero-order chi connectivity index (χ0) is 23.3. The summed E-state index contributed by atoms with van der Waals surface area (Å²) in [6, 6.07) is 3.56. The average molecular weight is 435 g/mol. The van der Waals surface area contributed by atoms with Crippen molar-refractivity contribution in [1.82, 2.24) is 5.01 Å². The van der Waals surface area contributed by atoms with Crippen LogP contribution in [0.15, 0.2) is 41.6 Å². The molecule has 3 N–H and O–H groups in total. The smallest absolute Gasteiger partial charge is 0.355 e. The van der Waals surface area contributed by atoms with E-state index in [4.69, 9.17) is 10.3 Å². The highest BCUT2D eigenvalue weighted by Gasteiger charge is 2.31. The second-order valence-electron chi connectivity index (χ2n) is 6.37. The lowest BCUT2D eigenvalue weighted by atomic mass is 10.1. The molecule has 4 amide bonds. The first-order valence-corrected chi connectivity index (χ1v) is 8.79. The quantitative estimate of drug-likeness (QED) is 0.454. The summed E-state index contributed by atoms with van der Waals surface area (Å²) in [6.45, 7) is 3.14. The minimum absolute atomic E-state index is 0.0437. The Hall–Kier alpha value is -4.09. The van der Waals surface area contributed by atoms with Gasteiger partial charge in [-0.25, -0.2) is 23.2 Å². The van der Waals surface area contributed by atoms with Gasteiger partial charge in [-0.15, -0.1) is 5.01 Å². The molecule has 0 aliphatic carbocycles. The highest BCUT2D eigenvalue weighted by atomic mass is 19.1. The maximum absolute atomic E-state index is 13.8. The zero-order valence-electron chi connectivity index (χ0n) is 16.7. The van der Waals surface area contributed by atoms with Crippen molar-refractivity contribution in [3.63, 3.8) is 0 Å². The number of rotatable bonds is 6. The van der Waals surface area contributed by atoms with Gasteiger partial charge in [0.2, 0.25) is 0 Å². The maximum Gasteiger partial charge on any atom is 0.355 e. The fraction of sp³-hybridized carbons (Fsp3) is 0.211. The number of ether oxygens (including phenoxy) is 1. The van der Waals surface area contributed by atoms with Crippen LogP contribution in [-0.4, -0.2) is 41.3 Å². The van der Waals surface area contributed by atoms with Gasteiger partial charge in [0.25, 0.3) is 0 Å². The summed E-state index contributed by atoms with van der Waals surface area (Å²) in [5.41, 5.74) is 6.21. The molecule has 0 aliphatic heterocycles. The number of carboxylic acids is 1. The molecule has 0 radical (unpaired) electrons. The molecule has 164 valence electrons. The molecule has 0 unspecified atom stereocenters. The average Bonchev–Trinajstić information content (AvgIpc) is 2.71. The molecule has 2 aromatic carbocycles. The van der Waals surface area contributed by atoms with Crippen LogP contribution in [0.2, 0.25) is 0 Å². The molecule has 10 nitrogen and oxygen atoms in total. The molecule has 2 aromatic rings. The van der Waals surface area contributed by atoms with E-state index < -0.39 is 41.4 Å². The van der Waals surface area contributed by atoms with E-state index in [-0.39, 0.29) is 22.0 Å². The van der Waals surface area contributed by atoms with Crippen LogP contribution >= 0.6 is 0 Å². The third-order valence-corrected chi connectivity index (χ3v) is 4.08. The van der Waals surface area contributed by atoms with Crippen molar-refractivity contribution in [3.05, 3.63) is 53.6 Å². The molecule has 0 aromatic heterocycles. The summed E-state index contributed by atoms with van der Waals surface area (Å²) in [6.07, 6.45) is 0. The highest BCUT2D eigenvalue weighted by molar-refractivity contribution is 6.06. The number of methoxy groups -OCH3 is 1. The van der Waals surface area contributed by atoms with Gasteiger partial charge in [0, 0.05) is 11.7 Å². The van der Waals surface area contributed by atoms with Crippen molar-refractivity contribution in [2.75, 3.05) is 17.3 Å². The number of carbonyl (C=O) groups excluding carboxylic acids is 2. The summed E-state index contributed by atoms with van der Waals surface area (Å²) in [4.78, 5) is 37.9. The van der Waals surface area contributed by atoms with Crippen LogP contribution in [0.3, 0.4) is 0 Å². The maximum atomic E-state index is 13.8. The Morgan fingerprint density at radius 1 is 1.16 bits per heavy atom. The van der Waals surface area contributed by atoms with Gasteiger partial charge in [-0.05, 0) is 44.2 Å². The van der Waals surface area contributed by atoms with Crippen molar-refractivity contribution < 1.29 is 33.0 Å². The van der Waals surface area contributed by atoms with Gasteiger partial charge in [-0.2, -0.15) is 5.53 Å². The first kappa shape index (κ1) is 23.2. The van der Waals surface area contributed by atoms with Gasteiger partial charge in [0.15, 0.2) is 0 Å². The Morgan fingerprint density at radius 2 is 1.77 bits per heavy atom. The predicted molar refractivity (Wildman–Crippen MR) is 105 cm³/mol. The van der Waals surface area contributed by atoms with E-state index in [0.717, 1.165) is 29.2 Å². The van der Waals surface area contributed by atoms with Gasteiger partial charge in [-0.3, -0.25) is 4.90 Å². The molecule has 0 atom stereocenters. The lowest BCUT2D eigenvalue weighted by molar-refractivity contribution is 0.0693. The summed E-state index contributed by atoms with van der Waals surface area (Å²) in [5, 5.41) is 14.1. The summed E-state index contributed by atoms with van der Waals surface area (Å²) >= 11 is 0. The molecule has 0 bridgehead atoms. The lowest BCUT2D eigenvalue weighted by Crippen LogP contribution is -2.48. The van der Waals surface area contributed by atoms with Crippen LogP contribution in [0.1, 0.15) is 24.2 Å². The zero-order valence-corrected chi connectivity index (χ0v) is 16.7. The number of amides is 4. The Labute approximate surface area is 175 Å².